The van der Waals surface area contributed by atoms with Crippen LogP contribution in [-0.2, 0) is 7.05 Å². The van der Waals surface area contributed by atoms with Crippen LogP contribution in [0.2, 0.25) is 0 Å². The fraction of sp³-hybridized carbons (Fsp3) is 0.556. The van der Waals surface area contributed by atoms with Crippen LogP contribution < -0.4 is 5.73 Å². The standard InChI is InChI=1S/C9H14N2/c1-11-4-2-3-9(11)8-5-7(8)6-10/h2-4,7-8H,5-6,10H2,1H3. The third-order valence-corrected chi connectivity index (χ3v) is 2.59. The van der Waals surface area contributed by atoms with E-state index in [-0.39, 0.29) is 0 Å². The van der Waals surface area contributed by atoms with E-state index in [9.17, 15) is 0 Å². The van der Waals surface area contributed by atoms with E-state index in [2.05, 4.69) is 29.9 Å². The largest absolute Gasteiger partial charge is 0.354 e. The summed E-state index contributed by atoms with van der Waals surface area (Å²) in [6.45, 7) is 0.843. The Morgan fingerprint density at radius 3 is 3.00 bits per heavy atom. The van der Waals surface area contributed by atoms with E-state index < -0.39 is 0 Å². The van der Waals surface area contributed by atoms with Crippen LogP contribution in [0.25, 0.3) is 0 Å². The number of rotatable bonds is 2. The molecule has 0 aliphatic heterocycles. The summed E-state index contributed by atoms with van der Waals surface area (Å²) in [5.74, 6) is 1.50. The van der Waals surface area contributed by atoms with Crippen LogP contribution in [-0.4, -0.2) is 11.1 Å². The second-order valence-electron chi connectivity index (χ2n) is 3.38. The van der Waals surface area contributed by atoms with Gasteiger partial charge in [0.25, 0.3) is 0 Å². The number of aryl methyl sites for hydroxylation is 1. The molecular weight excluding hydrogens is 136 g/mol. The zero-order chi connectivity index (χ0) is 7.84. The molecule has 0 radical (unpaired) electrons. The number of hydrogen-bond acceptors (Lipinski definition) is 1. The van der Waals surface area contributed by atoms with Crippen molar-refractivity contribution in [2.75, 3.05) is 6.54 Å². The number of hydrogen-bond donors (Lipinski definition) is 1. The smallest absolute Gasteiger partial charge is 0.0206 e. The zero-order valence-electron chi connectivity index (χ0n) is 6.83. The topological polar surface area (TPSA) is 30.9 Å². The maximum atomic E-state index is 5.57. The Balaban J connectivity index is 2.14. The van der Waals surface area contributed by atoms with E-state index in [4.69, 9.17) is 5.73 Å². The van der Waals surface area contributed by atoms with Crippen molar-refractivity contribution in [2.24, 2.45) is 18.7 Å². The van der Waals surface area contributed by atoms with E-state index >= 15 is 0 Å². The highest BCUT2D eigenvalue weighted by Crippen LogP contribution is 2.46. The highest BCUT2D eigenvalue weighted by atomic mass is 14.9. The molecule has 0 bridgehead atoms. The highest BCUT2D eigenvalue weighted by Gasteiger charge is 2.38. The van der Waals surface area contributed by atoms with E-state index in [1.54, 1.807) is 0 Å². The van der Waals surface area contributed by atoms with Gasteiger partial charge in [-0.15, -0.1) is 0 Å². The lowest BCUT2D eigenvalue weighted by atomic mass is 10.2. The van der Waals surface area contributed by atoms with Crippen LogP contribution in [0.15, 0.2) is 18.3 Å². The molecule has 11 heavy (non-hydrogen) atoms. The van der Waals surface area contributed by atoms with E-state index in [0.717, 1.165) is 18.4 Å². The molecule has 1 aromatic heterocycles. The van der Waals surface area contributed by atoms with Crippen LogP contribution in [0, 0.1) is 5.92 Å². The molecule has 2 heteroatoms. The monoisotopic (exact) mass is 150 g/mol. The molecule has 1 fully saturated rings. The summed E-state index contributed by atoms with van der Waals surface area (Å²) in [5.41, 5.74) is 7.02. The summed E-state index contributed by atoms with van der Waals surface area (Å²) < 4.78 is 2.19. The van der Waals surface area contributed by atoms with Gasteiger partial charge >= 0.3 is 0 Å². The van der Waals surface area contributed by atoms with Gasteiger partial charge in [0.1, 0.15) is 0 Å². The Bertz CT molecular complexity index is 252. The summed E-state index contributed by atoms with van der Waals surface area (Å²) in [4.78, 5) is 0. The van der Waals surface area contributed by atoms with Gasteiger partial charge in [0.15, 0.2) is 0 Å². The first-order valence-corrected chi connectivity index (χ1v) is 4.14. The summed E-state index contributed by atoms with van der Waals surface area (Å²) >= 11 is 0. The van der Waals surface area contributed by atoms with Gasteiger partial charge in [-0.3, -0.25) is 0 Å². The number of nitrogens with two attached hydrogens (primary N) is 1. The van der Waals surface area contributed by atoms with Gasteiger partial charge in [-0.25, -0.2) is 0 Å². The Kier molecular flexibility index (Phi) is 1.50. The average Bonchev–Trinajstić information content (AvgIpc) is 2.68. The predicted octanol–water partition coefficient (Wildman–Crippen LogP) is 1.09. The second kappa shape index (κ2) is 2.38. The van der Waals surface area contributed by atoms with Crippen LogP contribution in [0.4, 0.5) is 0 Å². The van der Waals surface area contributed by atoms with Gasteiger partial charge in [-0.05, 0) is 31.0 Å². The summed E-state index contributed by atoms with van der Waals surface area (Å²) in [7, 11) is 2.10. The minimum Gasteiger partial charge on any atom is -0.354 e. The Morgan fingerprint density at radius 2 is 2.55 bits per heavy atom. The molecule has 60 valence electrons. The fourth-order valence-electron chi connectivity index (χ4n) is 1.73. The molecule has 2 unspecified atom stereocenters. The van der Waals surface area contributed by atoms with Gasteiger partial charge in [0.2, 0.25) is 0 Å². The third kappa shape index (κ3) is 1.07. The Hall–Kier alpha value is -0.760. The molecule has 0 saturated heterocycles. The minimum absolute atomic E-state index is 0.750. The van der Waals surface area contributed by atoms with Crippen molar-refractivity contribution in [3.63, 3.8) is 0 Å². The summed E-state index contributed by atoms with van der Waals surface area (Å²) in [6.07, 6.45) is 3.38. The highest BCUT2D eigenvalue weighted by molar-refractivity contribution is 5.20. The van der Waals surface area contributed by atoms with Gasteiger partial charge in [-0.2, -0.15) is 0 Å². The first kappa shape index (κ1) is 6.92. The molecule has 1 heterocycles. The second-order valence-corrected chi connectivity index (χ2v) is 3.38. The fourth-order valence-corrected chi connectivity index (χ4v) is 1.73. The molecule has 2 N–H and O–H groups in total. The van der Waals surface area contributed by atoms with Gasteiger partial charge in [0, 0.05) is 24.9 Å². The molecule has 0 spiro atoms. The molecular formula is C9H14N2. The van der Waals surface area contributed by atoms with Crippen molar-refractivity contribution >= 4 is 0 Å². The molecule has 0 aromatic carbocycles. The quantitative estimate of drug-likeness (QED) is 0.672. The molecule has 2 nitrogen and oxygen atoms in total. The average molecular weight is 150 g/mol. The summed E-state index contributed by atoms with van der Waals surface area (Å²) in [5, 5.41) is 0. The first-order valence-electron chi connectivity index (χ1n) is 4.14. The minimum atomic E-state index is 0.750. The van der Waals surface area contributed by atoms with Gasteiger partial charge in [-0.1, -0.05) is 0 Å². The molecule has 1 aliphatic carbocycles. The molecule has 2 atom stereocenters. The molecule has 1 saturated carbocycles. The lowest BCUT2D eigenvalue weighted by Crippen LogP contribution is -2.03. The predicted molar refractivity (Wildman–Crippen MR) is 45.3 cm³/mol. The Labute approximate surface area is 67.0 Å². The van der Waals surface area contributed by atoms with Gasteiger partial charge in [0.05, 0.1) is 0 Å². The van der Waals surface area contributed by atoms with E-state index in [1.165, 1.54) is 12.1 Å². The maximum Gasteiger partial charge on any atom is 0.0206 e. The van der Waals surface area contributed by atoms with Crippen molar-refractivity contribution in [3.05, 3.63) is 24.0 Å². The molecule has 2 rings (SSSR count). The Morgan fingerprint density at radius 1 is 1.73 bits per heavy atom. The van der Waals surface area contributed by atoms with E-state index in [0.29, 0.717) is 0 Å². The lowest BCUT2D eigenvalue weighted by molar-refractivity contribution is 0.757. The van der Waals surface area contributed by atoms with Crippen molar-refractivity contribution < 1.29 is 0 Å². The van der Waals surface area contributed by atoms with Crippen molar-refractivity contribution in [3.8, 4) is 0 Å². The zero-order valence-corrected chi connectivity index (χ0v) is 6.83. The van der Waals surface area contributed by atoms with Crippen molar-refractivity contribution in [2.45, 2.75) is 12.3 Å². The molecule has 1 aromatic rings. The van der Waals surface area contributed by atoms with Crippen molar-refractivity contribution in [1.82, 2.24) is 4.57 Å². The first-order chi connectivity index (χ1) is 5.33. The third-order valence-electron chi connectivity index (χ3n) is 2.59. The van der Waals surface area contributed by atoms with Crippen LogP contribution >= 0.6 is 0 Å². The molecule has 1 aliphatic rings. The lowest BCUT2D eigenvalue weighted by Gasteiger charge is -2.00. The molecule has 0 amide bonds. The summed E-state index contributed by atoms with van der Waals surface area (Å²) in [6, 6.07) is 4.29. The number of nitrogens with zero attached hydrogens (tertiary/aromatic N) is 1. The van der Waals surface area contributed by atoms with E-state index in [1.807, 2.05) is 0 Å². The SMILES string of the molecule is Cn1cccc1C1CC1CN. The normalized spacial score (nSPS) is 28.9. The number of aromatic nitrogens is 1. The van der Waals surface area contributed by atoms with Gasteiger partial charge < -0.3 is 10.3 Å². The maximum absolute atomic E-state index is 5.57. The van der Waals surface area contributed by atoms with Crippen molar-refractivity contribution in [1.29, 1.82) is 0 Å². The van der Waals surface area contributed by atoms with Crippen LogP contribution in [0.1, 0.15) is 18.0 Å². The van der Waals surface area contributed by atoms with Crippen LogP contribution in [0.5, 0.6) is 0 Å². The van der Waals surface area contributed by atoms with Crippen LogP contribution in [0.3, 0.4) is 0 Å².